The number of piperazine rings is 1. The minimum atomic E-state index is -0.118. The van der Waals surface area contributed by atoms with E-state index in [0.29, 0.717) is 54.2 Å². The summed E-state index contributed by atoms with van der Waals surface area (Å²) in [6.45, 7) is 4.53. The van der Waals surface area contributed by atoms with Crippen LogP contribution in [0.3, 0.4) is 0 Å². The van der Waals surface area contributed by atoms with Crippen LogP contribution in [0.5, 0.6) is 0 Å². The van der Waals surface area contributed by atoms with Crippen molar-refractivity contribution in [2.45, 2.75) is 13.3 Å². The largest absolute Gasteiger partial charge is 0.440 e. The molecule has 1 fully saturated rings. The van der Waals surface area contributed by atoms with Gasteiger partial charge < -0.3 is 14.6 Å². The van der Waals surface area contributed by atoms with Crippen LogP contribution in [0.4, 0.5) is 5.69 Å². The number of aryl methyl sites for hydroxylation is 1. The van der Waals surface area contributed by atoms with Crippen molar-refractivity contribution in [3.63, 3.8) is 0 Å². The van der Waals surface area contributed by atoms with E-state index in [-0.39, 0.29) is 24.8 Å². The molecule has 1 aliphatic heterocycles. The summed E-state index contributed by atoms with van der Waals surface area (Å²) in [6.07, 6.45) is 0.216. The molecule has 1 saturated heterocycles. The Labute approximate surface area is 189 Å². The fourth-order valence-electron chi connectivity index (χ4n) is 3.46. The van der Waals surface area contributed by atoms with Crippen molar-refractivity contribution < 1.29 is 14.0 Å². The van der Waals surface area contributed by atoms with Crippen LogP contribution in [-0.2, 0) is 16.0 Å². The average molecular weight is 459 g/mol. The molecule has 4 rings (SSSR count). The molecule has 0 aliphatic carbocycles. The molecule has 3 aromatic rings. The number of para-hydroxylation sites is 1. The van der Waals surface area contributed by atoms with Crippen molar-refractivity contribution in [2.24, 2.45) is 0 Å². The topological polar surface area (TPSA) is 78.7 Å². The number of anilines is 1. The van der Waals surface area contributed by atoms with Gasteiger partial charge in [-0.2, -0.15) is 0 Å². The van der Waals surface area contributed by atoms with Crippen molar-refractivity contribution in [2.75, 3.05) is 38.0 Å². The maximum atomic E-state index is 12.8. The van der Waals surface area contributed by atoms with Gasteiger partial charge in [-0.15, -0.1) is 11.3 Å². The molecule has 0 unspecified atom stereocenters. The van der Waals surface area contributed by atoms with Gasteiger partial charge >= 0.3 is 0 Å². The van der Waals surface area contributed by atoms with Crippen LogP contribution in [0.1, 0.15) is 11.5 Å². The first-order valence-corrected chi connectivity index (χ1v) is 11.3. The minimum absolute atomic E-state index is 0.0225. The number of carbonyl (C=O) groups excluding carboxylic acids is 2. The number of nitrogens with one attached hydrogen (secondary N) is 1. The number of aromatic nitrogens is 1. The quantitative estimate of drug-likeness (QED) is 0.609. The Morgan fingerprint density at radius 3 is 2.65 bits per heavy atom. The van der Waals surface area contributed by atoms with Crippen molar-refractivity contribution in [3.05, 3.63) is 58.3 Å². The number of nitrogens with zero attached hydrogens (tertiary/aromatic N) is 3. The molecular formula is C22H23ClN4O3S. The normalized spacial score (nSPS) is 14.6. The van der Waals surface area contributed by atoms with Crippen LogP contribution >= 0.6 is 22.9 Å². The summed E-state index contributed by atoms with van der Waals surface area (Å²) >= 11 is 7.64. The number of hydrogen-bond donors (Lipinski definition) is 1. The molecule has 2 aromatic heterocycles. The van der Waals surface area contributed by atoms with E-state index in [0.717, 1.165) is 4.88 Å². The van der Waals surface area contributed by atoms with Gasteiger partial charge in [0.2, 0.25) is 17.7 Å². The van der Waals surface area contributed by atoms with Crippen LogP contribution in [0.25, 0.3) is 10.8 Å². The number of rotatable bonds is 6. The predicted octanol–water partition coefficient (Wildman–Crippen LogP) is 3.69. The summed E-state index contributed by atoms with van der Waals surface area (Å²) in [5.41, 5.74) is 1.28. The van der Waals surface area contributed by atoms with Crippen LogP contribution in [0, 0.1) is 6.92 Å². The third-order valence-corrected chi connectivity index (χ3v) is 6.37. The monoisotopic (exact) mass is 458 g/mol. The van der Waals surface area contributed by atoms with Crippen molar-refractivity contribution in [3.8, 4) is 10.8 Å². The maximum Gasteiger partial charge on any atom is 0.238 e. The third-order valence-electron chi connectivity index (χ3n) is 5.18. The molecular weight excluding hydrogens is 436 g/mol. The molecule has 1 aliphatic rings. The molecule has 1 N–H and O–H groups in total. The molecule has 0 saturated carbocycles. The molecule has 31 heavy (non-hydrogen) atoms. The maximum absolute atomic E-state index is 12.8. The summed E-state index contributed by atoms with van der Waals surface area (Å²) < 4.78 is 5.73. The van der Waals surface area contributed by atoms with E-state index in [4.69, 9.17) is 16.0 Å². The number of thiophene rings is 1. The van der Waals surface area contributed by atoms with Crippen LogP contribution < -0.4 is 5.32 Å². The highest BCUT2D eigenvalue weighted by atomic mass is 35.5. The SMILES string of the molecule is Cc1oc(-c2cccs2)nc1CC(=O)N1CCN(CC(=O)Nc2ccccc2Cl)CC1. The summed E-state index contributed by atoms with van der Waals surface area (Å²) in [6, 6.07) is 11.0. The second-order valence-electron chi connectivity index (χ2n) is 7.36. The Hall–Kier alpha value is -2.68. The fourth-order valence-corrected chi connectivity index (χ4v) is 4.30. The molecule has 162 valence electrons. The Kier molecular flexibility index (Phi) is 6.70. The molecule has 0 spiro atoms. The van der Waals surface area contributed by atoms with Crippen molar-refractivity contribution in [1.82, 2.24) is 14.8 Å². The lowest BCUT2D eigenvalue weighted by atomic mass is 10.2. The summed E-state index contributed by atoms with van der Waals surface area (Å²) in [4.78, 5) is 34.4. The molecule has 7 nitrogen and oxygen atoms in total. The number of amides is 2. The number of hydrogen-bond acceptors (Lipinski definition) is 6. The predicted molar refractivity (Wildman–Crippen MR) is 121 cm³/mol. The molecule has 1 aromatic carbocycles. The number of benzene rings is 1. The molecule has 0 radical (unpaired) electrons. The second kappa shape index (κ2) is 9.64. The zero-order chi connectivity index (χ0) is 21.8. The first kappa shape index (κ1) is 21.5. The Bertz CT molecular complexity index is 1060. The highest BCUT2D eigenvalue weighted by Gasteiger charge is 2.24. The Morgan fingerprint density at radius 2 is 1.94 bits per heavy atom. The fraction of sp³-hybridized carbons (Fsp3) is 0.318. The van der Waals surface area contributed by atoms with Crippen molar-refractivity contribution in [1.29, 1.82) is 0 Å². The number of oxazole rings is 1. The molecule has 0 atom stereocenters. The summed E-state index contributed by atoms with van der Waals surface area (Å²) in [5.74, 6) is 1.14. The van der Waals surface area contributed by atoms with Crippen molar-refractivity contribution >= 4 is 40.4 Å². The van der Waals surface area contributed by atoms with E-state index in [2.05, 4.69) is 10.3 Å². The van der Waals surface area contributed by atoms with E-state index < -0.39 is 0 Å². The van der Waals surface area contributed by atoms with E-state index in [1.54, 1.807) is 23.5 Å². The van der Waals surface area contributed by atoms with E-state index in [1.807, 2.05) is 46.4 Å². The van der Waals surface area contributed by atoms with Gasteiger partial charge in [0.05, 0.1) is 34.2 Å². The van der Waals surface area contributed by atoms with E-state index in [9.17, 15) is 9.59 Å². The van der Waals surface area contributed by atoms with Crippen LogP contribution in [0.15, 0.2) is 46.2 Å². The van der Waals surface area contributed by atoms with Gasteiger partial charge in [0.25, 0.3) is 0 Å². The molecule has 3 heterocycles. The summed E-state index contributed by atoms with van der Waals surface area (Å²) in [7, 11) is 0. The second-order valence-corrected chi connectivity index (χ2v) is 8.72. The lowest BCUT2D eigenvalue weighted by molar-refractivity contribution is -0.132. The number of halogens is 1. The molecule has 2 amide bonds. The van der Waals surface area contributed by atoms with Gasteiger partial charge in [-0.1, -0.05) is 29.8 Å². The van der Waals surface area contributed by atoms with E-state index >= 15 is 0 Å². The zero-order valence-corrected chi connectivity index (χ0v) is 18.7. The Balaban J connectivity index is 1.26. The van der Waals surface area contributed by atoms with Gasteiger partial charge in [-0.3, -0.25) is 14.5 Å². The van der Waals surface area contributed by atoms with Gasteiger partial charge in [-0.05, 0) is 30.5 Å². The van der Waals surface area contributed by atoms with Crippen LogP contribution in [-0.4, -0.2) is 59.3 Å². The molecule has 9 heteroatoms. The third kappa shape index (κ3) is 5.33. The smallest absolute Gasteiger partial charge is 0.238 e. The highest BCUT2D eigenvalue weighted by molar-refractivity contribution is 7.13. The first-order valence-electron chi connectivity index (χ1n) is 10.0. The van der Waals surface area contributed by atoms with Crippen LogP contribution in [0.2, 0.25) is 5.02 Å². The highest BCUT2D eigenvalue weighted by Crippen LogP contribution is 2.26. The zero-order valence-electron chi connectivity index (χ0n) is 17.1. The average Bonchev–Trinajstić information content (AvgIpc) is 3.41. The van der Waals surface area contributed by atoms with Gasteiger partial charge in [0, 0.05) is 26.2 Å². The minimum Gasteiger partial charge on any atom is -0.440 e. The molecule has 0 bridgehead atoms. The standard InChI is InChI=1S/C22H23ClN4O3S/c1-15-18(25-22(30-15)19-7-4-12-31-19)13-21(29)27-10-8-26(9-11-27)14-20(28)24-17-6-3-2-5-16(17)23/h2-7,12H,8-11,13-14H2,1H3,(H,24,28). The Morgan fingerprint density at radius 1 is 1.16 bits per heavy atom. The lowest BCUT2D eigenvalue weighted by Crippen LogP contribution is -2.50. The van der Waals surface area contributed by atoms with Gasteiger partial charge in [0.1, 0.15) is 5.76 Å². The first-order chi connectivity index (χ1) is 15.0. The van der Waals surface area contributed by atoms with Gasteiger partial charge in [0.15, 0.2) is 0 Å². The number of carbonyl (C=O) groups is 2. The van der Waals surface area contributed by atoms with E-state index in [1.165, 1.54) is 0 Å². The summed E-state index contributed by atoms with van der Waals surface area (Å²) in [5, 5.41) is 5.31. The van der Waals surface area contributed by atoms with Gasteiger partial charge in [-0.25, -0.2) is 4.98 Å². The lowest BCUT2D eigenvalue weighted by Gasteiger charge is -2.34.